The van der Waals surface area contributed by atoms with Crippen molar-refractivity contribution < 1.29 is 72.8 Å². The fraction of sp³-hybridized carbons (Fsp3) is 0.462. The molecule has 2 amide bonds. The Morgan fingerprint density at radius 2 is 1.48 bits per heavy atom. The molecule has 0 aromatic heterocycles. The number of hydrogen-bond donors (Lipinski definition) is 2. The highest BCUT2D eigenvalue weighted by Gasteiger charge is 2.82. The number of nitrogens with zero attached hydrogens (tertiary/aromatic N) is 1. The first-order chi connectivity index (χ1) is 20.3. The van der Waals surface area contributed by atoms with Crippen molar-refractivity contribution in [2.45, 2.75) is 43.6 Å². The average molecular weight is 652 g/mol. The zero-order chi connectivity index (χ0) is 33.3. The van der Waals surface area contributed by atoms with Gasteiger partial charge in [-0.3, -0.25) is 0 Å². The maximum absolute atomic E-state index is 14.0. The SMILES string of the molecule is CCOC(Cc1ccc(OCCN(CCOC(F)(F)C(F)(F)C(F)(F)C(F)(F)F)C(=O)Nc2ccccc2F)cc1)C(=O)O. The van der Waals surface area contributed by atoms with E-state index < -0.39 is 80.0 Å². The zero-order valence-electron chi connectivity index (χ0n) is 22.7. The summed E-state index contributed by atoms with van der Waals surface area (Å²) in [7, 11) is 0. The summed E-state index contributed by atoms with van der Waals surface area (Å²) in [5, 5.41) is 11.2. The van der Waals surface area contributed by atoms with Gasteiger partial charge in [0.15, 0.2) is 6.10 Å². The molecule has 0 saturated carbocycles. The Bertz CT molecular complexity index is 1240. The summed E-state index contributed by atoms with van der Waals surface area (Å²) in [6.45, 7) is -1.90. The van der Waals surface area contributed by atoms with Crippen molar-refractivity contribution in [1.29, 1.82) is 0 Å². The van der Waals surface area contributed by atoms with Crippen LogP contribution in [-0.4, -0.2) is 85.2 Å². The highest BCUT2D eigenvalue weighted by molar-refractivity contribution is 5.89. The van der Waals surface area contributed by atoms with Crippen molar-refractivity contribution >= 4 is 17.7 Å². The van der Waals surface area contributed by atoms with Crippen LogP contribution in [0.25, 0.3) is 0 Å². The molecule has 0 fully saturated rings. The Balaban J connectivity index is 2.10. The molecule has 2 aromatic rings. The number of carboxylic acid groups (broad SMARTS) is 1. The van der Waals surface area contributed by atoms with Crippen LogP contribution >= 0.6 is 0 Å². The first kappa shape index (κ1) is 36.4. The molecule has 0 heterocycles. The monoisotopic (exact) mass is 652 g/mol. The van der Waals surface area contributed by atoms with Gasteiger partial charge in [-0.25, -0.2) is 14.0 Å². The molecule has 0 aliphatic carbocycles. The number of carbonyl (C=O) groups is 2. The summed E-state index contributed by atoms with van der Waals surface area (Å²) in [6.07, 6.45) is -14.4. The molecule has 0 spiro atoms. The standard InChI is InChI=1S/C26H26F10N2O6/c1-2-42-20(21(39)40)15-16-7-9-17(10-8-16)43-13-11-38(22(41)37-19-6-4-3-5-18(19)27)12-14-44-26(35,36)24(30,31)23(28,29)25(32,33)34/h3-10,20H,2,11-15H2,1H3,(H,37,41)(H,39,40). The van der Waals surface area contributed by atoms with Gasteiger partial charge < -0.3 is 29.5 Å². The van der Waals surface area contributed by atoms with Crippen LogP contribution in [0.4, 0.5) is 54.4 Å². The number of carboxylic acids is 1. The normalized spacial score (nSPS) is 13.3. The van der Waals surface area contributed by atoms with E-state index in [1.165, 1.54) is 36.4 Å². The minimum atomic E-state index is -7.16. The third-order valence-corrected chi connectivity index (χ3v) is 5.78. The predicted molar refractivity (Wildman–Crippen MR) is 133 cm³/mol. The van der Waals surface area contributed by atoms with E-state index in [0.29, 0.717) is 10.5 Å². The van der Waals surface area contributed by atoms with Crippen molar-refractivity contribution in [3.8, 4) is 5.75 Å². The second-order valence-electron chi connectivity index (χ2n) is 8.89. The number of benzene rings is 2. The smallest absolute Gasteiger partial charge is 0.460 e. The largest absolute Gasteiger partial charge is 0.492 e. The number of halogens is 10. The number of nitrogens with one attached hydrogen (secondary N) is 1. The van der Waals surface area contributed by atoms with E-state index >= 15 is 0 Å². The average Bonchev–Trinajstić information content (AvgIpc) is 2.93. The lowest BCUT2D eigenvalue weighted by Crippen LogP contribution is -2.62. The molecule has 8 nitrogen and oxygen atoms in total. The number of anilines is 1. The van der Waals surface area contributed by atoms with Gasteiger partial charge >= 0.3 is 36.1 Å². The molecule has 1 atom stereocenters. The molecule has 2 aromatic carbocycles. The molecule has 18 heteroatoms. The van der Waals surface area contributed by atoms with Gasteiger partial charge in [-0.2, -0.15) is 39.5 Å². The molecule has 2 N–H and O–H groups in total. The molecule has 0 aliphatic heterocycles. The summed E-state index contributed by atoms with van der Waals surface area (Å²) in [6, 6.07) is 9.25. The van der Waals surface area contributed by atoms with Crippen LogP contribution in [0.1, 0.15) is 12.5 Å². The van der Waals surface area contributed by atoms with Crippen molar-refractivity contribution in [2.75, 3.05) is 38.2 Å². The topological polar surface area (TPSA) is 97.3 Å². The van der Waals surface area contributed by atoms with E-state index in [9.17, 15) is 58.6 Å². The molecular formula is C26H26F10N2O6. The van der Waals surface area contributed by atoms with Crippen LogP contribution in [0.2, 0.25) is 0 Å². The number of amides is 2. The maximum Gasteiger partial charge on any atom is 0.460 e. The first-order valence-electron chi connectivity index (χ1n) is 12.5. The quantitative estimate of drug-likeness (QED) is 0.209. The molecular weight excluding hydrogens is 626 g/mol. The van der Waals surface area contributed by atoms with Crippen molar-refractivity contribution in [1.82, 2.24) is 4.90 Å². The Labute approximate surface area is 243 Å². The number of alkyl halides is 9. The van der Waals surface area contributed by atoms with Crippen LogP contribution in [0.3, 0.4) is 0 Å². The summed E-state index contributed by atoms with van der Waals surface area (Å²) >= 11 is 0. The van der Waals surface area contributed by atoms with E-state index in [-0.39, 0.29) is 18.8 Å². The van der Waals surface area contributed by atoms with Crippen LogP contribution in [-0.2, 0) is 20.7 Å². The van der Waals surface area contributed by atoms with Crippen LogP contribution in [0.5, 0.6) is 5.75 Å². The van der Waals surface area contributed by atoms with Gasteiger partial charge in [0.1, 0.15) is 18.2 Å². The van der Waals surface area contributed by atoms with E-state index in [1.54, 1.807) is 6.92 Å². The molecule has 0 aliphatic rings. The fourth-order valence-corrected chi connectivity index (χ4v) is 3.44. The summed E-state index contributed by atoms with van der Waals surface area (Å²) in [4.78, 5) is 24.5. The van der Waals surface area contributed by atoms with Gasteiger partial charge in [-0.15, -0.1) is 0 Å². The molecule has 246 valence electrons. The Morgan fingerprint density at radius 3 is 2.02 bits per heavy atom. The van der Waals surface area contributed by atoms with Crippen molar-refractivity contribution in [2.24, 2.45) is 0 Å². The van der Waals surface area contributed by atoms with Gasteiger partial charge in [0.25, 0.3) is 0 Å². The van der Waals surface area contributed by atoms with Gasteiger partial charge in [-0.1, -0.05) is 24.3 Å². The molecule has 44 heavy (non-hydrogen) atoms. The second kappa shape index (κ2) is 14.8. The number of para-hydroxylation sites is 1. The maximum atomic E-state index is 14.0. The Kier molecular flexibility index (Phi) is 12.2. The van der Waals surface area contributed by atoms with Crippen LogP contribution in [0, 0.1) is 5.82 Å². The Hall–Kier alpha value is -3.80. The molecule has 1 unspecified atom stereocenters. The lowest BCUT2D eigenvalue weighted by molar-refractivity contribution is -0.443. The van der Waals surface area contributed by atoms with Gasteiger partial charge in [0.2, 0.25) is 0 Å². The minimum Gasteiger partial charge on any atom is -0.492 e. The molecule has 0 saturated heterocycles. The zero-order valence-corrected chi connectivity index (χ0v) is 22.7. The van der Waals surface area contributed by atoms with Crippen molar-refractivity contribution in [3.05, 3.63) is 59.9 Å². The molecule has 0 radical (unpaired) electrons. The number of aliphatic carboxylic acids is 1. The predicted octanol–water partition coefficient (Wildman–Crippen LogP) is 6.21. The number of ether oxygens (including phenoxy) is 3. The first-order valence-corrected chi connectivity index (χ1v) is 12.5. The van der Waals surface area contributed by atoms with Crippen LogP contribution < -0.4 is 10.1 Å². The minimum absolute atomic E-state index is 0.0199. The van der Waals surface area contributed by atoms with E-state index in [0.717, 1.165) is 12.1 Å². The molecule has 2 rings (SSSR count). The number of rotatable bonds is 16. The Morgan fingerprint density at radius 1 is 0.886 bits per heavy atom. The van der Waals surface area contributed by atoms with Gasteiger partial charge in [-0.05, 0) is 36.8 Å². The fourth-order valence-electron chi connectivity index (χ4n) is 3.44. The lowest BCUT2D eigenvalue weighted by atomic mass is 10.1. The summed E-state index contributed by atoms with van der Waals surface area (Å²) < 4.78 is 146. The number of hydrogen-bond acceptors (Lipinski definition) is 5. The summed E-state index contributed by atoms with van der Waals surface area (Å²) in [5.74, 6) is -16.1. The second-order valence-corrected chi connectivity index (χ2v) is 8.89. The highest BCUT2D eigenvalue weighted by atomic mass is 19.4. The van der Waals surface area contributed by atoms with Crippen LogP contribution in [0.15, 0.2) is 48.5 Å². The van der Waals surface area contributed by atoms with E-state index in [1.807, 2.05) is 0 Å². The van der Waals surface area contributed by atoms with E-state index in [4.69, 9.17) is 9.47 Å². The number of urea groups is 1. The third-order valence-electron chi connectivity index (χ3n) is 5.78. The number of carbonyl (C=O) groups excluding carboxylic acids is 1. The summed E-state index contributed by atoms with van der Waals surface area (Å²) in [5.41, 5.74) is 0.156. The van der Waals surface area contributed by atoms with Crippen molar-refractivity contribution in [3.63, 3.8) is 0 Å². The lowest BCUT2D eigenvalue weighted by Gasteiger charge is -2.33. The van der Waals surface area contributed by atoms with Gasteiger partial charge in [0, 0.05) is 19.6 Å². The van der Waals surface area contributed by atoms with E-state index in [2.05, 4.69) is 10.1 Å². The highest BCUT2D eigenvalue weighted by Crippen LogP contribution is 2.53. The third kappa shape index (κ3) is 9.10. The molecule has 0 bridgehead atoms. The van der Waals surface area contributed by atoms with Gasteiger partial charge in [0.05, 0.1) is 18.8 Å².